The number of carboxylic acid groups (broad SMARTS) is 1. The van der Waals surface area contributed by atoms with E-state index in [-0.39, 0.29) is 5.56 Å². The van der Waals surface area contributed by atoms with Crippen LogP contribution in [-0.4, -0.2) is 82.4 Å². The summed E-state index contributed by atoms with van der Waals surface area (Å²) < 4.78 is 75.3. The Balaban J connectivity index is 1.72. The highest BCUT2D eigenvalue weighted by Crippen LogP contribution is 2.71. The number of carboxylic acids is 1. The molecule has 8 atom stereocenters. The molecular formula is C19H24N2O20P4. The predicted molar refractivity (Wildman–Crippen MR) is 143 cm³/mol. The second-order valence-corrected chi connectivity index (χ2v) is 15.5. The van der Waals surface area contributed by atoms with Crippen molar-refractivity contribution in [1.29, 1.82) is 0 Å². The van der Waals surface area contributed by atoms with Crippen molar-refractivity contribution in [2.24, 2.45) is 0 Å². The lowest BCUT2D eigenvalue weighted by Gasteiger charge is -2.22. The average Bonchev–Trinajstić information content (AvgIpc) is 3.19. The van der Waals surface area contributed by atoms with Crippen LogP contribution in [0.2, 0.25) is 0 Å². The van der Waals surface area contributed by atoms with Crippen molar-refractivity contribution in [3.8, 4) is 0 Å². The van der Waals surface area contributed by atoms with E-state index < -0.39 is 98.0 Å². The van der Waals surface area contributed by atoms with Crippen molar-refractivity contribution in [3.63, 3.8) is 0 Å². The molecule has 7 N–H and O–H groups in total. The van der Waals surface area contributed by atoms with Crippen LogP contribution in [-0.2, 0) is 50.0 Å². The van der Waals surface area contributed by atoms with Crippen molar-refractivity contribution in [1.82, 2.24) is 9.55 Å². The fourth-order valence-electron chi connectivity index (χ4n) is 3.52. The van der Waals surface area contributed by atoms with Crippen LogP contribution in [0.3, 0.4) is 0 Å². The molecule has 250 valence electrons. The molecule has 0 bridgehead atoms. The van der Waals surface area contributed by atoms with Crippen LogP contribution < -0.4 is 11.2 Å². The number of hydrogen-bond acceptors (Lipinski definition) is 15. The number of carbonyl (C=O) groups is 2. The smallest absolute Gasteiger partial charge is 0.481 e. The first-order chi connectivity index (χ1) is 20.7. The Bertz CT molecular complexity index is 1710. The minimum Gasteiger partial charge on any atom is -0.481 e. The molecule has 1 aromatic carbocycles. The third-order valence-corrected chi connectivity index (χ3v) is 11.8. The largest absolute Gasteiger partial charge is 0.490 e. The lowest BCUT2D eigenvalue weighted by Crippen LogP contribution is -2.40. The molecular weight excluding hydrogens is 700 g/mol. The Kier molecular flexibility index (Phi) is 11.8. The maximum atomic E-state index is 12.7. The highest BCUT2D eigenvalue weighted by Gasteiger charge is 2.50. The Morgan fingerprint density at radius 1 is 0.911 bits per heavy atom. The van der Waals surface area contributed by atoms with Crippen LogP contribution in [0, 0.1) is 0 Å². The van der Waals surface area contributed by atoms with Gasteiger partial charge in [-0.25, -0.2) is 27.6 Å². The third-order valence-electron chi connectivity index (χ3n) is 5.34. The lowest BCUT2D eigenvalue weighted by atomic mass is 10.1. The number of benzene rings is 1. The van der Waals surface area contributed by atoms with Crippen molar-refractivity contribution < 1.29 is 84.6 Å². The summed E-state index contributed by atoms with van der Waals surface area (Å²) in [5, 5.41) is 19.3. The Morgan fingerprint density at radius 2 is 1.51 bits per heavy atom. The van der Waals surface area contributed by atoms with Gasteiger partial charge in [-0.3, -0.25) is 28.2 Å². The fourth-order valence-corrected chi connectivity index (χ4v) is 9.00. The monoisotopic (exact) mass is 724 g/mol. The van der Waals surface area contributed by atoms with E-state index in [1.54, 1.807) is 6.07 Å². The molecule has 0 amide bonds. The maximum Gasteiger partial charge on any atom is 0.490 e. The van der Waals surface area contributed by atoms with Gasteiger partial charge >= 0.3 is 48.7 Å². The molecule has 1 aromatic heterocycles. The summed E-state index contributed by atoms with van der Waals surface area (Å²) >= 11 is 0. The van der Waals surface area contributed by atoms with Gasteiger partial charge in [0.25, 0.3) is 5.56 Å². The van der Waals surface area contributed by atoms with E-state index in [9.17, 15) is 62.1 Å². The van der Waals surface area contributed by atoms with Gasteiger partial charge in [0.2, 0.25) is 0 Å². The van der Waals surface area contributed by atoms with Gasteiger partial charge < -0.3 is 39.3 Å². The molecule has 1 fully saturated rings. The molecule has 0 saturated carbocycles. The van der Waals surface area contributed by atoms with Crippen LogP contribution in [0.4, 0.5) is 0 Å². The van der Waals surface area contributed by atoms with E-state index in [1.807, 2.05) is 4.98 Å². The highest BCUT2D eigenvalue weighted by molar-refractivity contribution is 7.70. The number of H-pyrrole nitrogens is 1. The van der Waals surface area contributed by atoms with Gasteiger partial charge in [0.1, 0.15) is 12.2 Å². The average molecular weight is 724 g/mol. The van der Waals surface area contributed by atoms with Crippen molar-refractivity contribution in [2.75, 3.05) is 12.8 Å². The van der Waals surface area contributed by atoms with E-state index in [2.05, 4.69) is 17.5 Å². The first kappa shape index (κ1) is 36.8. The van der Waals surface area contributed by atoms with Crippen LogP contribution >= 0.6 is 31.1 Å². The van der Waals surface area contributed by atoms with Crippen LogP contribution in [0.25, 0.3) is 0 Å². The zero-order chi connectivity index (χ0) is 33.8. The molecule has 1 aliphatic heterocycles. The topological polar surface area (TPSA) is 334 Å². The molecule has 3 rings (SSSR count). The number of rotatable bonds is 15. The summed E-state index contributed by atoms with van der Waals surface area (Å²) in [5.41, 5.74) is -1.89. The van der Waals surface area contributed by atoms with Gasteiger partial charge in [0.15, 0.2) is 12.3 Å². The molecule has 22 nitrogen and oxygen atoms in total. The minimum atomic E-state index is -6.15. The summed E-state index contributed by atoms with van der Waals surface area (Å²) in [7, 11) is -23.2. The molecule has 0 spiro atoms. The summed E-state index contributed by atoms with van der Waals surface area (Å²) in [6.07, 6.45) is -8.43. The first-order valence-electron chi connectivity index (χ1n) is 11.9. The number of aromatic nitrogens is 2. The number of hydrogen-bond donors (Lipinski definition) is 7. The second kappa shape index (κ2) is 14.4. The fraction of sp³-hybridized carbons (Fsp3) is 0.368. The molecule has 26 heteroatoms. The molecule has 0 radical (unpaired) electrons. The molecule has 45 heavy (non-hydrogen) atoms. The standard InChI is InChI=1S/C19H24N2O20P4/c22-13-6-8-21(19(27)20-13)17-16(38-18(26)11-4-2-1-3-5-11)15(25)12(37-17)10-36-43(30,31)40-45(34,35)41-44(32,33)39-42(28,29)9-7-14(23)24/h1-6,8,12,15-17,25H,7,9-10H2,(H,23,24)(H,28,29)(H,30,31)(H,32,33)(H,34,35)(H,20,22,27). The second-order valence-electron chi connectivity index (χ2n) is 8.76. The van der Waals surface area contributed by atoms with Crippen LogP contribution in [0.5, 0.6) is 0 Å². The molecule has 1 saturated heterocycles. The molecule has 1 aliphatic rings. The number of aliphatic carboxylic acids is 1. The van der Waals surface area contributed by atoms with Gasteiger partial charge in [-0.15, -0.1) is 0 Å². The van der Waals surface area contributed by atoms with Crippen molar-refractivity contribution in [2.45, 2.75) is 31.0 Å². The van der Waals surface area contributed by atoms with Crippen molar-refractivity contribution >= 4 is 43.0 Å². The van der Waals surface area contributed by atoms with E-state index >= 15 is 0 Å². The number of aliphatic hydroxyl groups is 1. The van der Waals surface area contributed by atoms with Gasteiger partial charge in [-0.2, -0.15) is 8.62 Å². The van der Waals surface area contributed by atoms with E-state index in [4.69, 9.17) is 14.6 Å². The van der Waals surface area contributed by atoms with Crippen molar-refractivity contribution in [3.05, 3.63) is 69.0 Å². The first-order valence-corrected chi connectivity index (χ1v) is 18.2. The van der Waals surface area contributed by atoms with E-state index in [0.29, 0.717) is 4.57 Å². The number of aromatic amines is 1. The van der Waals surface area contributed by atoms with Gasteiger partial charge in [-0.1, -0.05) is 18.2 Å². The quantitative estimate of drug-likeness (QED) is 0.0942. The van der Waals surface area contributed by atoms with Gasteiger partial charge in [0.05, 0.1) is 24.8 Å². The number of ether oxygens (including phenoxy) is 2. The zero-order valence-electron chi connectivity index (χ0n) is 22.1. The SMILES string of the molecule is O=C(O)CCP(=O)(O)OP(=O)(O)OP(=O)(O)OP(=O)(O)OCC1OC(n2ccc(=O)[nH]c2=O)C(OC(=O)c2ccccc2)C1O. The molecule has 2 aromatic rings. The molecule has 2 heterocycles. The summed E-state index contributed by atoms with van der Waals surface area (Å²) in [6.45, 7) is -1.21. The number of esters is 1. The number of carbonyl (C=O) groups excluding carboxylic acids is 1. The van der Waals surface area contributed by atoms with Gasteiger partial charge in [0, 0.05) is 12.3 Å². The number of phosphoric acid groups is 3. The molecule has 0 aliphatic carbocycles. The van der Waals surface area contributed by atoms with Gasteiger partial charge in [-0.05, 0) is 12.1 Å². The summed E-state index contributed by atoms with van der Waals surface area (Å²) in [4.78, 5) is 87.4. The number of nitrogens with one attached hydrogen (secondary N) is 1. The maximum absolute atomic E-state index is 12.7. The zero-order valence-corrected chi connectivity index (χ0v) is 25.7. The number of nitrogens with zero attached hydrogens (tertiary/aromatic N) is 1. The van der Waals surface area contributed by atoms with Crippen LogP contribution in [0.15, 0.2) is 52.2 Å². The van der Waals surface area contributed by atoms with Crippen LogP contribution in [0.1, 0.15) is 23.0 Å². The normalized spacial score (nSPS) is 25.3. The minimum absolute atomic E-state index is 0.00788. The Labute approximate surface area is 250 Å². The molecule has 8 unspecified atom stereocenters. The van der Waals surface area contributed by atoms with E-state index in [0.717, 1.165) is 12.3 Å². The van der Waals surface area contributed by atoms with E-state index in [1.165, 1.54) is 24.3 Å². The Hall–Kier alpha value is -2.64. The highest BCUT2D eigenvalue weighted by atomic mass is 31.3. The lowest BCUT2D eigenvalue weighted by molar-refractivity contribution is -0.136. The number of aliphatic hydroxyl groups excluding tert-OH is 1. The predicted octanol–water partition coefficient (Wildman–Crippen LogP) is 0.0482. The summed E-state index contributed by atoms with van der Waals surface area (Å²) in [6, 6.07) is 8.16. The number of phosphoric ester groups is 1. The third kappa shape index (κ3) is 11.0. The Morgan fingerprint density at radius 3 is 2.11 bits per heavy atom. The summed E-state index contributed by atoms with van der Waals surface area (Å²) in [5.74, 6) is -2.61.